The van der Waals surface area contributed by atoms with Crippen LogP contribution in [-0.2, 0) is 17.1 Å². The summed E-state index contributed by atoms with van der Waals surface area (Å²) in [6, 6.07) is 6.68. The lowest BCUT2D eigenvalue weighted by Crippen LogP contribution is -2.30. The van der Waals surface area contributed by atoms with Crippen molar-refractivity contribution in [2.75, 3.05) is 7.05 Å². The van der Waals surface area contributed by atoms with Gasteiger partial charge in [0.1, 0.15) is 5.15 Å². The molecule has 1 aromatic carbocycles. The topological polar surface area (TPSA) is 55.2 Å². The van der Waals surface area contributed by atoms with Crippen molar-refractivity contribution >= 4 is 33.2 Å². The smallest absolute Gasteiger partial charge is 0.263 e. The number of hydrogen-bond acceptors (Lipinski definition) is 3. The van der Waals surface area contributed by atoms with E-state index in [9.17, 15) is 8.42 Å². The average molecular weight is 348 g/mol. The van der Waals surface area contributed by atoms with Crippen LogP contribution in [0.4, 0.5) is 0 Å². The van der Waals surface area contributed by atoms with Gasteiger partial charge in [-0.05, 0) is 18.6 Å². The van der Waals surface area contributed by atoms with Crippen LogP contribution < -0.4 is 0 Å². The van der Waals surface area contributed by atoms with Gasteiger partial charge in [-0.2, -0.15) is 4.31 Å². The molecule has 0 bridgehead atoms. The van der Waals surface area contributed by atoms with Crippen LogP contribution in [0, 0.1) is 0 Å². The van der Waals surface area contributed by atoms with Crippen molar-refractivity contribution in [2.24, 2.45) is 7.05 Å². The van der Waals surface area contributed by atoms with E-state index in [4.69, 9.17) is 23.2 Å². The van der Waals surface area contributed by atoms with Gasteiger partial charge in [0.2, 0.25) is 5.03 Å². The third-order valence-electron chi connectivity index (χ3n) is 3.36. The quantitative estimate of drug-likeness (QED) is 0.853. The highest BCUT2D eigenvalue weighted by Gasteiger charge is 2.31. The summed E-state index contributed by atoms with van der Waals surface area (Å²) in [5.41, 5.74) is 0.720. The number of rotatable bonds is 4. The molecular weight excluding hydrogens is 333 g/mol. The molecule has 0 amide bonds. The van der Waals surface area contributed by atoms with Gasteiger partial charge in [-0.3, -0.25) is 0 Å². The lowest BCUT2D eigenvalue weighted by atomic mass is 10.1. The van der Waals surface area contributed by atoms with Gasteiger partial charge in [0.15, 0.2) is 0 Å². The van der Waals surface area contributed by atoms with Gasteiger partial charge in [-0.25, -0.2) is 13.4 Å². The first-order chi connectivity index (χ1) is 9.76. The van der Waals surface area contributed by atoms with E-state index in [1.807, 2.05) is 6.07 Å². The molecular formula is C13H15Cl2N3O2S. The molecule has 0 spiro atoms. The van der Waals surface area contributed by atoms with Gasteiger partial charge in [0.25, 0.3) is 10.0 Å². The zero-order chi connectivity index (χ0) is 15.8. The first-order valence-electron chi connectivity index (χ1n) is 6.16. The van der Waals surface area contributed by atoms with E-state index in [0.717, 1.165) is 5.56 Å². The lowest BCUT2D eigenvalue weighted by molar-refractivity contribution is 0.397. The number of aryl methyl sites for hydroxylation is 1. The van der Waals surface area contributed by atoms with Crippen LogP contribution in [0.2, 0.25) is 10.2 Å². The minimum absolute atomic E-state index is 0.0770. The average Bonchev–Trinajstić information content (AvgIpc) is 2.78. The number of hydrogen-bond donors (Lipinski definition) is 0. The Morgan fingerprint density at radius 3 is 2.43 bits per heavy atom. The molecule has 0 saturated carbocycles. The number of sulfonamides is 1. The fourth-order valence-corrected chi connectivity index (χ4v) is 3.94. The molecule has 0 aliphatic rings. The molecule has 2 aromatic rings. The van der Waals surface area contributed by atoms with Gasteiger partial charge < -0.3 is 4.57 Å². The third kappa shape index (κ3) is 2.94. The maximum atomic E-state index is 12.6. The molecule has 0 aliphatic heterocycles. The summed E-state index contributed by atoms with van der Waals surface area (Å²) in [5, 5.41) is 0.431. The fourth-order valence-electron chi connectivity index (χ4n) is 1.92. The number of nitrogens with zero attached hydrogens (tertiary/aromatic N) is 3. The second-order valence-corrected chi connectivity index (χ2v) is 7.35. The minimum atomic E-state index is -3.80. The Hall–Kier alpha value is -1.08. The van der Waals surface area contributed by atoms with Gasteiger partial charge in [0.05, 0.1) is 6.33 Å². The Kier molecular flexibility index (Phi) is 4.63. The summed E-state index contributed by atoms with van der Waals surface area (Å²) in [7, 11) is -0.691. The van der Waals surface area contributed by atoms with Crippen LogP contribution >= 0.6 is 23.2 Å². The van der Waals surface area contributed by atoms with E-state index in [-0.39, 0.29) is 10.2 Å². The highest BCUT2D eigenvalue weighted by molar-refractivity contribution is 7.89. The Bertz CT molecular complexity index is 759. The van der Waals surface area contributed by atoms with E-state index in [1.54, 1.807) is 32.2 Å². The van der Waals surface area contributed by atoms with E-state index in [2.05, 4.69) is 4.98 Å². The summed E-state index contributed by atoms with van der Waals surface area (Å²) < 4.78 is 27.9. The molecule has 2 rings (SSSR count). The summed E-state index contributed by atoms with van der Waals surface area (Å²) >= 11 is 12.1. The number of benzene rings is 1. The molecule has 0 saturated heterocycles. The third-order valence-corrected chi connectivity index (χ3v) is 6.12. The Morgan fingerprint density at radius 1 is 1.29 bits per heavy atom. The van der Waals surface area contributed by atoms with Crippen molar-refractivity contribution in [3.63, 3.8) is 0 Å². The highest BCUT2D eigenvalue weighted by Crippen LogP contribution is 2.31. The molecule has 1 heterocycles. The van der Waals surface area contributed by atoms with Crippen molar-refractivity contribution in [3.05, 3.63) is 46.3 Å². The summed E-state index contributed by atoms with van der Waals surface area (Å²) in [5.74, 6) is 0. The van der Waals surface area contributed by atoms with Gasteiger partial charge in [-0.15, -0.1) is 0 Å². The minimum Gasteiger partial charge on any atom is -0.324 e. The molecule has 1 atom stereocenters. The predicted molar refractivity (Wildman–Crippen MR) is 83.0 cm³/mol. The van der Waals surface area contributed by atoms with Crippen LogP contribution in [0.25, 0.3) is 0 Å². The Morgan fingerprint density at radius 2 is 1.90 bits per heavy atom. The van der Waals surface area contributed by atoms with Gasteiger partial charge in [-0.1, -0.05) is 41.4 Å². The molecule has 1 unspecified atom stereocenters. The first-order valence-corrected chi connectivity index (χ1v) is 8.35. The monoisotopic (exact) mass is 347 g/mol. The van der Waals surface area contributed by atoms with Crippen LogP contribution in [0.3, 0.4) is 0 Å². The van der Waals surface area contributed by atoms with E-state index in [0.29, 0.717) is 5.02 Å². The SMILES string of the molecule is CC(c1ccccc1Cl)N(C)S(=O)(=O)c1ncn(C)c1Cl. The first kappa shape index (κ1) is 16.3. The molecule has 5 nitrogen and oxygen atoms in total. The van der Waals surface area contributed by atoms with Crippen LogP contribution in [0.1, 0.15) is 18.5 Å². The molecule has 0 N–H and O–H groups in total. The number of halogens is 2. The Labute approximate surface area is 134 Å². The predicted octanol–water partition coefficient (Wildman–Crippen LogP) is 3.11. The molecule has 8 heteroatoms. The maximum Gasteiger partial charge on any atom is 0.263 e. The second-order valence-electron chi connectivity index (χ2n) is 4.67. The van der Waals surface area contributed by atoms with Crippen LogP contribution in [0.15, 0.2) is 35.6 Å². The zero-order valence-corrected chi connectivity index (χ0v) is 14.1. The van der Waals surface area contributed by atoms with Crippen molar-refractivity contribution in [1.82, 2.24) is 13.9 Å². The largest absolute Gasteiger partial charge is 0.324 e. The zero-order valence-electron chi connectivity index (χ0n) is 11.8. The molecule has 114 valence electrons. The standard InChI is InChI=1S/C13H15Cl2N3O2S/c1-9(10-6-4-5-7-11(10)14)18(3)21(19,20)13-12(15)17(2)8-16-13/h4-9H,1-3H3. The summed E-state index contributed by atoms with van der Waals surface area (Å²) in [4.78, 5) is 3.87. The van der Waals surface area contributed by atoms with Gasteiger partial charge in [0, 0.05) is 25.2 Å². The number of aromatic nitrogens is 2. The van der Waals surface area contributed by atoms with Crippen LogP contribution in [-0.4, -0.2) is 29.3 Å². The van der Waals surface area contributed by atoms with Crippen molar-refractivity contribution in [1.29, 1.82) is 0 Å². The summed E-state index contributed by atoms with van der Waals surface area (Å²) in [6.07, 6.45) is 1.36. The molecule has 21 heavy (non-hydrogen) atoms. The lowest BCUT2D eigenvalue weighted by Gasteiger charge is -2.24. The molecule has 0 aliphatic carbocycles. The fraction of sp³-hybridized carbons (Fsp3) is 0.308. The van der Waals surface area contributed by atoms with Crippen molar-refractivity contribution in [3.8, 4) is 0 Å². The Balaban J connectivity index is 2.41. The summed E-state index contributed by atoms with van der Waals surface area (Å²) in [6.45, 7) is 1.76. The molecule has 1 aromatic heterocycles. The van der Waals surface area contributed by atoms with E-state index in [1.165, 1.54) is 22.2 Å². The molecule has 0 fully saturated rings. The second kappa shape index (κ2) is 5.96. The normalized spacial score (nSPS) is 13.6. The molecule has 0 radical (unpaired) electrons. The van der Waals surface area contributed by atoms with E-state index < -0.39 is 16.1 Å². The number of imidazole rings is 1. The van der Waals surface area contributed by atoms with E-state index >= 15 is 0 Å². The maximum absolute atomic E-state index is 12.6. The highest BCUT2D eigenvalue weighted by atomic mass is 35.5. The van der Waals surface area contributed by atoms with Crippen molar-refractivity contribution < 1.29 is 8.42 Å². The van der Waals surface area contributed by atoms with Crippen LogP contribution in [0.5, 0.6) is 0 Å². The van der Waals surface area contributed by atoms with Crippen molar-refractivity contribution in [2.45, 2.75) is 18.0 Å². The van der Waals surface area contributed by atoms with Gasteiger partial charge >= 0.3 is 0 Å².